The molecule has 18 heavy (non-hydrogen) atoms. The lowest BCUT2D eigenvalue weighted by Crippen LogP contribution is -2.50. The van der Waals surface area contributed by atoms with Crippen molar-refractivity contribution in [3.05, 3.63) is 0 Å². The van der Waals surface area contributed by atoms with Crippen molar-refractivity contribution in [2.75, 3.05) is 13.1 Å². The van der Waals surface area contributed by atoms with Crippen molar-refractivity contribution in [1.82, 2.24) is 4.90 Å². The first-order valence-corrected chi connectivity index (χ1v) is 8.18. The topological polar surface area (TPSA) is 29.3 Å². The summed E-state index contributed by atoms with van der Waals surface area (Å²) in [4.78, 5) is 2.87. The zero-order chi connectivity index (χ0) is 13.0. The molecular weight excluding hydrogens is 220 g/mol. The molecule has 2 nitrogen and oxygen atoms in total. The monoisotopic (exact) mass is 252 g/mol. The first-order valence-electron chi connectivity index (χ1n) is 8.18. The average molecular weight is 252 g/mol. The van der Waals surface area contributed by atoms with Gasteiger partial charge in [-0.25, -0.2) is 0 Å². The van der Waals surface area contributed by atoms with E-state index < -0.39 is 0 Å². The van der Waals surface area contributed by atoms with Gasteiger partial charge in [0.05, 0.1) is 0 Å². The van der Waals surface area contributed by atoms with Gasteiger partial charge in [-0.05, 0) is 44.1 Å². The van der Waals surface area contributed by atoms with Crippen LogP contribution in [0.25, 0.3) is 0 Å². The number of hydrogen-bond acceptors (Lipinski definition) is 2. The second-order valence-electron chi connectivity index (χ2n) is 6.88. The molecule has 0 saturated heterocycles. The number of nitrogens with zero attached hydrogens (tertiary/aromatic N) is 1. The van der Waals surface area contributed by atoms with Crippen molar-refractivity contribution in [1.29, 1.82) is 0 Å². The number of rotatable bonds is 5. The van der Waals surface area contributed by atoms with E-state index in [1.807, 2.05) is 0 Å². The Morgan fingerprint density at radius 1 is 1.00 bits per heavy atom. The molecule has 2 aliphatic rings. The summed E-state index contributed by atoms with van der Waals surface area (Å²) >= 11 is 0. The maximum absolute atomic E-state index is 6.03. The molecular formula is C16H32N2. The zero-order valence-corrected chi connectivity index (χ0v) is 12.4. The van der Waals surface area contributed by atoms with Crippen molar-refractivity contribution in [3.63, 3.8) is 0 Å². The minimum Gasteiger partial charge on any atom is -0.330 e. The minimum absolute atomic E-state index is 0.762. The standard InChI is InChI=1S/C16H32N2/c1-13(2)12-18(15-8-4-5-9-15)16-10-6-3-7-14(16)11-17/h13-16H,3-12,17H2,1-2H3. The van der Waals surface area contributed by atoms with Crippen LogP contribution in [0.3, 0.4) is 0 Å². The third-order valence-electron chi connectivity index (χ3n) is 4.97. The number of nitrogens with two attached hydrogens (primary N) is 1. The van der Waals surface area contributed by atoms with Gasteiger partial charge >= 0.3 is 0 Å². The normalized spacial score (nSPS) is 30.5. The van der Waals surface area contributed by atoms with Gasteiger partial charge in [0.2, 0.25) is 0 Å². The Balaban J connectivity index is 2.05. The summed E-state index contributed by atoms with van der Waals surface area (Å²) in [5.74, 6) is 1.55. The highest BCUT2D eigenvalue weighted by Gasteiger charge is 2.34. The van der Waals surface area contributed by atoms with Crippen LogP contribution in [0.4, 0.5) is 0 Å². The van der Waals surface area contributed by atoms with E-state index in [2.05, 4.69) is 18.7 Å². The van der Waals surface area contributed by atoms with Crippen LogP contribution in [0.2, 0.25) is 0 Å². The fourth-order valence-electron chi connectivity index (χ4n) is 4.11. The van der Waals surface area contributed by atoms with Crippen molar-refractivity contribution in [2.24, 2.45) is 17.6 Å². The Kier molecular flexibility index (Phi) is 5.50. The molecule has 0 heterocycles. The van der Waals surface area contributed by atoms with E-state index >= 15 is 0 Å². The first kappa shape index (κ1) is 14.3. The predicted octanol–water partition coefficient (Wildman–Crippen LogP) is 3.40. The average Bonchev–Trinajstić information content (AvgIpc) is 2.89. The van der Waals surface area contributed by atoms with Crippen LogP contribution in [-0.4, -0.2) is 30.1 Å². The third kappa shape index (κ3) is 3.48. The van der Waals surface area contributed by atoms with Gasteiger partial charge in [-0.15, -0.1) is 0 Å². The molecule has 0 radical (unpaired) electrons. The van der Waals surface area contributed by atoms with Crippen molar-refractivity contribution < 1.29 is 0 Å². The van der Waals surface area contributed by atoms with Gasteiger partial charge in [-0.3, -0.25) is 4.90 Å². The van der Waals surface area contributed by atoms with Crippen LogP contribution in [0, 0.1) is 11.8 Å². The molecule has 2 heteroatoms. The molecule has 2 rings (SSSR count). The Morgan fingerprint density at radius 2 is 1.61 bits per heavy atom. The van der Waals surface area contributed by atoms with Gasteiger partial charge in [-0.1, -0.05) is 39.5 Å². The molecule has 106 valence electrons. The highest BCUT2D eigenvalue weighted by molar-refractivity contribution is 4.89. The molecule has 2 atom stereocenters. The molecule has 2 unspecified atom stereocenters. The molecule has 2 saturated carbocycles. The lowest BCUT2D eigenvalue weighted by molar-refractivity contribution is 0.0564. The van der Waals surface area contributed by atoms with Crippen molar-refractivity contribution in [2.45, 2.75) is 77.3 Å². The molecule has 0 amide bonds. The lowest BCUT2D eigenvalue weighted by atomic mass is 9.82. The SMILES string of the molecule is CC(C)CN(C1CCCC1)C1CCCCC1CN. The highest BCUT2D eigenvalue weighted by Crippen LogP contribution is 2.34. The molecule has 2 aliphatic carbocycles. The van der Waals surface area contributed by atoms with E-state index in [4.69, 9.17) is 5.73 Å². The first-order chi connectivity index (χ1) is 8.72. The predicted molar refractivity (Wildman–Crippen MR) is 78.6 cm³/mol. The van der Waals surface area contributed by atoms with Gasteiger partial charge in [-0.2, -0.15) is 0 Å². The quantitative estimate of drug-likeness (QED) is 0.812. The maximum atomic E-state index is 6.03. The minimum atomic E-state index is 0.762. The second-order valence-corrected chi connectivity index (χ2v) is 6.88. The molecule has 2 fully saturated rings. The highest BCUT2D eigenvalue weighted by atomic mass is 15.2. The van der Waals surface area contributed by atoms with Crippen LogP contribution >= 0.6 is 0 Å². The fraction of sp³-hybridized carbons (Fsp3) is 1.00. The Morgan fingerprint density at radius 3 is 2.22 bits per heavy atom. The van der Waals surface area contributed by atoms with Gasteiger partial charge in [0.25, 0.3) is 0 Å². The van der Waals surface area contributed by atoms with Crippen LogP contribution in [0.5, 0.6) is 0 Å². The summed E-state index contributed by atoms with van der Waals surface area (Å²) in [6.45, 7) is 6.91. The molecule has 0 aromatic heterocycles. The van der Waals surface area contributed by atoms with Crippen molar-refractivity contribution >= 4 is 0 Å². The van der Waals surface area contributed by atoms with E-state index in [1.54, 1.807) is 0 Å². The second kappa shape index (κ2) is 6.91. The molecule has 0 aromatic rings. The molecule has 0 spiro atoms. The van der Waals surface area contributed by atoms with E-state index in [-0.39, 0.29) is 0 Å². The molecule has 0 bridgehead atoms. The van der Waals surface area contributed by atoms with Crippen LogP contribution in [0.15, 0.2) is 0 Å². The largest absolute Gasteiger partial charge is 0.330 e. The summed E-state index contributed by atoms with van der Waals surface area (Å²) < 4.78 is 0. The van der Waals surface area contributed by atoms with Crippen LogP contribution in [-0.2, 0) is 0 Å². The Bertz CT molecular complexity index is 233. The van der Waals surface area contributed by atoms with E-state index in [1.165, 1.54) is 57.9 Å². The zero-order valence-electron chi connectivity index (χ0n) is 12.4. The van der Waals surface area contributed by atoms with E-state index in [0.717, 1.165) is 30.5 Å². The summed E-state index contributed by atoms with van der Waals surface area (Å²) in [6, 6.07) is 1.65. The van der Waals surface area contributed by atoms with Gasteiger partial charge < -0.3 is 5.73 Å². The maximum Gasteiger partial charge on any atom is 0.0139 e. The summed E-state index contributed by atoms with van der Waals surface area (Å²) in [5.41, 5.74) is 6.03. The van der Waals surface area contributed by atoms with E-state index in [9.17, 15) is 0 Å². The smallest absolute Gasteiger partial charge is 0.0139 e. The van der Waals surface area contributed by atoms with Gasteiger partial charge in [0, 0.05) is 18.6 Å². The number of hydrogen-bond donors (Lipinski definition) is 1. The van der Waals surface area contributed by atoms with Gasteiger partial charge in [0.15, 0.2) is 0 Å². The molecule has 2 N–H and O–H groups in total. The summed E-state index contributed by atoms with van der Waals surface area (Å²) in [7, 11) is 0. The van der Waals surface area contributed by atoms with Crippen LogP contribution < -0.4 is 5.73 Å². The third-order valence-corrected chi connectivity index (χ3v) is 4.97. The molecule has 0 aromatic carbocycles. The van der Waals surface area contributed by atoms with E-state index in [0.29, 0.717) is 0 Å². The molecule has 0 aliphatic heterocycles. The fourth-order valence-corrected chi connectivity index (χ4v) is 4.11. The lowest BCUT2D eigenvalue weighted by Gasteiger charge is -2.43. The summed E-state index contributed by atoms with van der Waals surface area (Å²) in [5, 5.41) is 0. The summed E-state index contributed by atoms with van der Waals surface area (Å²) in [6.07, 6.45) is 11.3. The van der Waals surface area contributed by atoms with Crippen molar-refractivity contribution in [3.8, 4) is 0 Å². The Labute approximate surface area is 113 Å². The Hall–Kier alpha value is -0.0800. The van der Waals surface area contributed by atoms with Crippen LogP contribution in [0.1, 0.15) is 65.2 Å². The van der Waals surface area contributed by atoms with Gasteiger partial charge in [0.1, 0.15) is 0 Å².